The number of nitrogens with zero attached hydrogens (tertiary/aromatic N) is 3. The van der Waals surface area contributed by atoms with Gasteiger partial charge in [0, 0.05) is 5.39 Å². The second-order valence-electron chi connectivity index (χ2n) is 2.98. The minimum absolute atomic E-state index is 0.602. The minimum Gasteiger partial charge on any atom is -0.267 e. The molecule has 0 saturated heterocycles. The van der Waals surface area contributed by atoms with Crippen molar-refractivity contribution in [1.29, 1.82) is 0 Å². The van der Waals surface area contributed by atoms with Crippen LogP contribution in [0.5, 0.6) is 0 Å². The van der Waals surface area contributed by atoms with Crippen LogP contribution in [0.25, 0.3) is 16.7 Å². The predicted octanol–water partition coefficient (Wildman–Crippen LogP) is 1.94. The van der Waals surface area contributed by atoms with Crippen molar-refractivity contribution in [2.75, 3.05) is 0 Å². The maximum Gasteiger partial charge on any atom is 0.231 e. The van der Waals surface area contributed by atoms with E-state index in [0.717, 1.165) is 10.9 Å². The number of benzene rings is 1. The van der Waals surface area contributed by atoms with E-state index in [1.54, 1.807) is 6.33 Å². The maximum atomic E-state index is 5.17. The van der Waals surface area contributed by atoms with Gasteiger partial charge in [0.05, 0.1) is 5.52 Å². The van der Waals surface area contributed by atoms with Crippen LogP contribution in [-0.4, -0.2) is 19.6 Å². The second-order valence-corrected chi connectivity index (χ2v) is 3.37. The monoisotopic (exact) mass is 202 g/mol. The maximum absolute atomic E-state index is 5.17. The number of para-hydroxylation sites is 1. The van der Waals surface area contributed by atoms with Crippen molar-refractivity contribution in [3.8, 4) is 0 Å². The van der Waals surface area contributed by atoms with Gasteiger partial charge in [-0.05, 0) is 12.1 Å². The zero-order chi connectivity index (χ0) is 9.54. The van der Waals surface area contributed by atoms with E-state index >= 15 is 0 Å². The Morgan fingerprint density at radius 2 is 2.14 bits per heavy atom. The molecular formula is C9H6N4S. The van der Waals surface area contributed by atoms with Crippen LogP contribution in [-0.2, 0) is 0 Å². The number of hydrogen-bond acceptors (Lipinski definition) is 3. The average molecular weight is 202 g/mol. The first-order valence-corrected chi connectivity index (χ1v) is 4.57. The summed E-state index contributed by atoms with van der Waals surface area (Å²) in [5.41, 5.74) is 1.02. The molecule has 4 nitrogen and oxygen atoms in total. The lowest BCUT2D eigenvalue weighted by atomic mass is 10.2. The van der Waals surface area contributed by atoms with Gasteiger partial charge in [-0.2, -0.15) is 5.10 Å². The van der Waals surface area contributed by atoms with Crippen molar-refractivity contribution in [2.24, 2.45) is 0 Å². The number of aromatic nitrogens is 4. The van der Waals surface area contributed by atoms with Gasteiger partial charge in [-0.25, -0.2) is 10.1 Å². The highest BCUT2D eigenvalue weighted by molar-refractivity contribution is 7.71. The molecule has 0 bridgehead atoms. The molecule has 0 saturated carbocycles. The summed E-state index contributed by atoms with van der Waals surface area (Å²) >= 11 is 5.17. The lowest BCUT2D eigenvalue weighted by Crippen LogP contribution is -1.91. The number of aromatic amines is 1. The van der Waals surface area contributed by atoms with Crippen LogP contribution in [0.15, 0.2) is 30.6 Å². The van der Waals surface area contributed by atoms with Gasteiger partial charge in [0.15, 0.2) is 0 Å². The molecule has 2 heterocycles. The quantitative estimate of drug-likeness (QED) is 0.567. The zero-order valence-corrected chi connectivity index (χ0v) is 7.95. The minimum atomic E-state index is 0.602. The Morgan fingerprint density at radius 1 is 1.29 bits per heavy atom. The topological polar surface area (TPSA) is 46.0 Å². The highest BCUT2D eigenvalue weighted by atomic mass is 32.1. The summed E-state index contributed by atoms with van der Waals surface area (Å²) in [6, 6.07) is 7.88. The van der Waals surface area contributed by atoms with Crippen LogP contribution in [0.3, 0.4) is 0 Å². The number of hydrogen-bond donors (Lipinski definition) is 1. The van der Waals surface area contributed by atoms with Crippen LogP contribution in [0, 0.1) is 4.64 Å². The second kappa shape index (κ2) is 2.62. The third-order valence-corrected chi connectivity index (χ3v) is 2.48. The standard InChI is InChI=1S/C9H6N4S/c14-8-6-3-1-2-4-7(6)13-5-10-12-9(13)11-8/h1-5H,(H,11,12,14). The Kier molecular flexibility index (Phi) is 1.43. The van der Waals surface area contributed by atoms with Crippen molar-refractivity contribution >= 4 is 28.9 Å². The fraction of sp³-hybridized carbons (Fsp3) is 0. The fourth-order valence-electron chi connectivity index (χ4n) is 1.53. The average Bonchev–Trinajstić information content (AvgIpc) is 2.66. The zero-order valence-electron chi connectivity index (χ0n) is 7.14. The number of fused-ring (bicyclic) bond motifs is 3. The van der Waals surface area contributed by atoms with Gasteiger partial charge in [0.25, 0.3) is 0 Å². The predicted molar refractivity (Wildman–Crippen MR) is 55.7 cm³/mol. The van der Waals surface area contributed by atoms with Crippen molar-refractivity contribution < 1.29 is 0 Å². The van der Waals surface area contributed by atoms with Gasteiger partial charge in [-0.1, -0.05) is 24.4 Å². The summed E-state index contributed by atoms with van der Waals surface area (Å²) in [6.07, 6.45) is 1.69. The van der Waals surface area contributed by atoms with E-state index in [-0.39, 0.29) is 0 Å². The summed E-state index contributed by atoms with van der Waals surface area (Å²) in [5, 5.41) is 7.68. The summed E-state index contributed by atoms with van der Waals surface area (Å²) in [6.45, 7) is 0. The van der Waals surface area contributed by atoms with Crippen LogP contribution in [0.2, 0.25) is 0 Å². The molecule has 0 amide bonds. The van der Waals surface area contributed by atoms with E-state index in [2.05, 4.69) is 15.2 Å². The lowest BCUT2D eigenvalue weighted by molar-refractivity contribution is 1.10. The lowest BCUT2D eigenvalue weighted by Gasteiger charge is -1.99. The molecule has 1 aromatic carbocycles. The summed E-state index contributed by atoms with van der Waals surface area (Å²) in [7, 11) is 0. The Hall–Kier alpha value is -1.75. The largest absolute Gasteiger partial charge is 0.267 e. The molecule has 0 aliphatic carbocycles. The Balaban J connectivity index is 2.74. The molecule has 0 radical (unpaired) electrons. The smallest absolute Gasteiger partial charge is 0.231 e. The van der Waals surface area contributed by atoms with Gasteiger partial charge < -0.3 is 0 Å². The van der Waals surface area contributed by atoms with Crippen LogP contribution in [0.1, 0.15) is 0 Å². The van der Waals surface area contributed by atoms with Gasteiger partial charge in [-0.3, -0.25) is 4.40 Å². The molecule has 0 spiro atoms. The van der Waals surface area contributed by atoms with Crippen LogP contribution < -0.4 is 0 Å². The Morgan fingerprint density at radius 3 is 3.07 bits per heavy atom. The molecule has 3 aromatic rings. The van der Waals surface area contributed by atoms with E-state index in [1.807, 2.05) is 28.7 Å². The third kappa shape index (κ3) is 0.898. The first-order valence-electron chi connectivity index (χ1n) is 4.17. The molecular weight excluding hydrogens is 196 g/mol. The molecule has 0 fully saturated rings. The molecule has 3 rings (SSSR count). The van der Waals surface area contributed by atoms with Crippen LogP contribution in [0.4, 0.5) is 0 Å². The van der Waals surface area contributed by atoms with Crippen molar-refractivity contribution in [3.05, 3.63) is 35.2 Å². The van der Waals surface area contributed by atoms with Crippen molar-refractivity contribution in [3.63, 3.8) is 0 Å². The SMILES string of the molecule is S=c1nc2[nH]ncn2c2ccccc12. The molecule has 14 heavy (non-hydrogen) atoms. The van der Waals surface area contributed by atoms with Gasteiger partial charge in [0.2, 0.25) is 5.78 Å². The number of H-pyrrole nitrogens is 1. The number of nitrogens with one attached hydrogen (secondary N) is 1. The molecule has 0 aliphatic rings. The van der Waals surface area contributed by atoms with Gasteiger partial charge >= 0.3 is 0 Å². The highest BCUT2D eigenvalue weighted by Gasteiger charge is 2.02. The fourth-order valence-corrected chi connectivity index (χ4v) is 1.79. The van der Waals surface area contributed by atoms with Gasteiger partial charge in [-0.15, -0.1) is 0 Å². The highest BCUT2D eigenvalue weighted by Crippen LogP contribution is 2.14. The van der Waals surface area contributed by atoms with E-state index < -0.39 is 0 Å². The molecule has 0 aliphatic heterocycles. The molecule has 0 atom stereocenters. The van der Waals surface area contributed by atoms with Crippen molar-refractivity contribution in [1.82, 2.24) is 19.6 Å². The van der Waals surface area contributed by atoms with Crippen molar-refractivity contribution in [2.45, 2.75) is 0 Å². The summed E-state index contributed by atoms with van der Waals surface area (Å²) < 4.78 is 2.48. The first-order chi connectivity index (χ1) is 6.86. The summed E-state index contributed by atoms with van der Waals surface area (Å²) in [5.74, 6) is 0.675. The normalized spacial score (nSPS) is 11.1. The summed E-state index contributed by atoms with van der Waals surface area (Å²) in [4.78, 5) is 4.22. The number of rotatable bonds is 0. The van der Waals surface area contributed by atoms with Crippen LogP contribution >= 0.6 is 12.2 Å². The third-order valence-electron chi connectivity index (χ3n) is 2.17. The molecule has 2 aromatic heterocycles. The van der Waals surface area contributed by atoms with E-state index in [1.165, 1.54) is 0 Å². The Bertz CT molecular complexity index is 667. The van der Waals surface area contributed by atoms with E-state index in [4.69, 9.17) is 12.2 Å². The van der Waals surface area contributed by atoms with E-state index in [9.17, 15) is 0 Å². The molecule has 68 valence electrons. The Labute approximate surface area is 84.2 Å². The molecule has 0 unspecified atom stereocenters. The molecule has 5 heteroatoms. The van der Waals surface area contributed by atoms with E-state index in [0.29, 0.717) is 10.4 Å². The molecule has 1 N–H and O–H groups in total. The van der Waals surface area contributed by atoms with Gasteiger partial charge in [0.1, 0.15) is 11.0 Å². The first kappa shape index (κ1) is 7.64.